The van der Waals surface area contributed by atoms with Gasteiger partial charge in [-0.25, -0.2) is 0 Å². The zero-order valence-corrected chi connectivity index (χ0v) is 16.5. The molecule has 4 heteroatoms. The van der Waals surface area contributed by atoms with Crippen molar-refractivity contribution >= 4 is 12.0 Å². The summed E-state index contributed by atoms with van der Waals surface area (Å²) < 4.78 is 0. The number of carbonyl (C=O) groups excluding carboxylic acids is 1. The first-order valence-corrected chi connectivity index (χ1v) is 10.4. The van der Waals surface area contributed by atoms with Crippen LogP contribution in [0.5, 0.6) is 0 Å². The molecule has 2 aromatic rings. The van der Waals surface area contributed by atoms with Gasteiger partial charge in [-0.2, -0.15) is 0 Å². The number of nitrogens with zero attached hydrogens (tertiary/aromatic N) is 3. The molecule has 0 saturated carbocycles. The average molecular weight is 376 g/mol. The maximum atomic E-state index is 12.6. The van der Waals surface area contributed by atoms with Crippen molar-refractivity contribution in [2.45, 2.75) is 25.7 Å². The van der Waals surface area contributed by atoms with Crippen LogP contribution in [-0.2, 0) is 11.2 Å². The van der Waals surface area contributed by atoms with Crippen LogP contribution in [0.1, 0.15) is 30.5 Å². The Kier molecular flexibility index (Phi) is 5.87. The van der Waals surface area contributed by atoms with Crippen LogP contribution < -0.4 is 0 Å². The summed E-state index contributed by atoms with van der Waals surface area (Å²) in [5.41, 5.74) is 2.52. The summed E-state index contributed by atoms with van der Waals surface area (Å²) in [6.07, 6.45) is 9.95. The molecule has 4 rings (SSSR count). The summed E-state index contributed by atoms with van der Waals surface area (Å²) in [7, 11) is 0. The SMILES string of the molecule is O=C(/C=C/c1ccccn1)N1CC[C@@]2(CCCN(CCc3ccccc3)C2)C1. The number of aromatic nitrogens is 1. The van der Waals surface area contributed by atoms with Gasteiger partial charge in [0.1, 0.15) is 0 Å². The Morgan fingerprint density at radius 2 is 1.89 bits per heavy atom. The predicted octanol–water partition coefficient (Wildman–Crippen LogP) is 3.65. The molecular weight excluding hydrogens is 346 g/mol. The Bertz CT molecular complexity index is 805. The van der Waals surface area contributed by atoms with Gasteiger partial charge in [0.25, 0.3) is 0 Å². The predicted molar refractivity (Wildman–Crippen MR) is 113 cm³/mol. The summed E-state index contributed by atoms with van der Waals surface area (Å²) in [6, 6.07) is 16.5. The highest BCUT2D eigenvalue weighted by Gasteiger charge is 2.42. The van der Waals surface area contributed by atoms with Crippen molar-refractivity contribution in [1.29, 1.82) is 0 Å². The maximum Gasteiger partial charge on any atom is 0.246 e. The van der Waals surface area contributed by atoms with E-state index in [2.05, 4.69) is 40.2 Å². The fourth-order valence-corrected chi connectivity index (χ4v) is 4.63. The molecule has 1 aromatic heterocycles. The molecule has 3 heterocycles. The van der Waals surface area contributed by atoms with Crippen LogP contribution in [-0.4, -0.2) is 53.4 Å². The third-order valence-corrected chi connectivity index (χ3v) is 6.13. The van der Waals surface area contributed by atoms with Gasteiger partial charge in [0.05, 0.1) is 5.69 Å². The first-order chi connectivity index (χ1) is 13.7. The number of benzene rings is 1. The largest absolute Gasteiger partial charge is 0.339 e. The smallest absolute Gasteiger partial charge is 0.246 e. The van der Waals surface area contributed by atoms with Crippen molar-refractivity contribution in [3.05, 3.63) is 72.1 Å². The van der Waals surface area contributed by atoms with Gasteiger partial charge in [-0.15, -0.1) is 0 Å². The zero-order chi connectivity index (χ0) is 19.2. The molecule has 2 aliphatic heterocycles. The molecular formula is C24H29N3O. The minimum absolute atomic E-state index is 0.115. The van der Waals surface area contributed by atoms with E-state index in [-0.39, 0.29) is 11.3 Å². The molecule has 1 aromatic carbocycles. The lowest BCUT2D eigenvalue weighted by atomic mass is 9.79. The summed E-state index contributed by atoms with van der Waals surface area (Å²) >= 11 is 0. The summed E-state index contributed by atoms with van der Waals surface area (Å²) in [6.45, 7) is 5.17. The molecule has 0 unspecified atom stereocenters. The molecule has 4 nitrogen and oxygen atoms in total. The Hall–Kier alpha value is -2.46. The number of rotatable bonds is 5. The van der Waals surface area contributed by atoms with Crippen molar-refractivity contribution in [3.8, 4) is 0 Å². The van der Waals surface area contributed by atoms with E-state index in [0.717, 1.165) is 44.7 Å². The number of hydrogen-bond acceptors (Lipinski definition) is 3. The molecule has 2 fully saturated rings. The Labute approximate surface area is 167 Å². The van der Waals surface area contributed by atoms with Gasteiger partial charge in [-0.1, -0.05) is 36.4 Å². The molecule has 0 aliphatic carbocycles. The van der Waals surface area contributed by atoms with Crippen molar-refractivity contribution < 1.29 is 4.79 Å². The van der Waals surface area contributed by atoms with Gasteiger partial charge in [0.15, 0.2) is 0 Å². The van der Waals surface area contributed by atoms with Gasteiger partial charge in [0.2, 0.25) is 5.91 Å². The fourth-order valence-electron chi connectivity index (χ4n) is 4.63. The molecule has 0 N–H and O–H groups in total. The topological polar surface area (TPSA) is 36.4 Å². The van der Waals surface area contributed by atoms with Gasteiger partial charge in [-0.05, 0) is 56.0 Å². The number of likely N-dealkylation sites (tertiary alicyclic amines) is 2. The van der Waals surface area contributed by atoms with Gasteiger partial charge >= 0.3 is 0 Å². The fraction of sp³-hybridized carbons (Fsp3) is 0.417. The Balaban J connectivity index is 1.31. The third kappa shape index (κ3) is 4.68. The van der Waals surface area contributed by atoms with Gasteiger partial charge < -0.3 is 9.80 Å². The minimum atomic E-state index is 0.115. The summed E-state index contributed by atoms with van der Waals surface area (Å²) in [4.78, 5) is 21.5. The zero-order valence-electron chi connectivity index (χ0n) is 16.5. The monoisotopic (exact) mass is 375 g/mol. The van der Waals surface area contributed by atoms with Crippen LogP contribution in [0.15, 0.2) is 60.8 Å². The first kappa shape index (κ1) is 18.9. The number of hydrogen-bond donors (Lipinski definition) is 0. The van der Waals surface area contributed by atoms with E-state index in [1.165, 1.54) is 24.9 Å². The number of amides is 1. The standard InChI is InChI=1S/C24H29N3O/c28-23(11-10-22-9-4-5-15-25-22)27-18-14-24(20-27)13-6-16-26(19-24)17-12-21-7-2-1-3-8-21/h1-5,7-11,15H,6,12-14,16-20H2/b11-10+/t24-/m1/s1. The van der Waals surface area contributed by atoms with Crippen molar-refractivity contribution in [2.75, 3.05) is 32.7 Å². The minimum Gasteiger partial charge on any atom is -0.339 e. The lowest BCUT2D eigenvalue weighted by molar-refractivity contribution is -0.125. The highest BCUT2D eigenvalue weighted by atomic mass is 16.2. The second-order valence-electron chi connectivity index (χ2n) is 8.21. The highest BCUT2D eigenvalue weighted by molar-refractivity contribution is 5.91. The van der Waals surface area contributed by atoms with Crippen LogP contribution in [0.25, 0.3) is 6.08 Å². The molecule has 0 bridgehead atoms. The molecule has 146 valence electrons. The second-order valence-corrected chi connectivity index (χ2v) is 8.21. The number of pyridine rings is 1. The van der Waals surface area contributed by atoms with E-state index < -0.39 is 0 Å². The Morgan fingerprint density at radius 1 is 1.04 bits per heavy atom. The molecule has 0 radical (unpaired) electrons. The van der Waals surface area contributed by atoms with E-state index in [4.69, 9.17) is 0 Å². The maximum absolute atomic E-state index is 12.6. The lowest BCUT2D eigenvalue weighted by Crippen LogP contribution is -2.45. The van der Waals surface area contributed by atoms with E-state index in [9.17, 15) is 4.79 Å². The quantitative estimate of drug-likeness (QED) is 0.749. The molecule has 1 spiro atoms. The van der Waals surface area contributed by atoms with Crippen LogP contribution in [0.2, 0.25) is 0 Å². The van der Waals surface area contributed by atoms with E-state index in [0.29, 0.717) is 0 Å². The average Bonchev–Trinajstić information content (AvgIpc) is 3.15. The summed E-state index contributed by atoms with van der Waals surface area (Å²) in [5, 5.41) is 0. The lowest BCUT2D eigenvalue weighted by Gasteiger charge is -2.40. The molecule has 2 aliphatic rings. The van der Waals surface area contributed by atoms with Crippen LogP contribution in [0, 0.1) is 5.41 Å². The molecule has 28 heavy (non-hydrogen) atoms. The van der Waals surface area contributed by atoms with Crippen molar-refractivity contribution in [3.63, 3.8) is 0 Å². The normalized spacial score (nSPS) is 22.9. The molecule has 2 saturated heterocycles. The number of carbonyl (C=O) groups is 1. The number of piperidine rings is 1. The van der Waals surface area contributed by atoms with E-state index in [1.807, 2.05) is 29.2 Å². The van der Waals surface area contributed by atoms with Crippen LogP contribution in [0.3, 0.4) is 0 Å². The van der Waals surface area contributed by atoms with E-state index >= 15 is 0 Å². The summed E-state index contributed by atoms with van der Waals surface area (Å²) in [5.74, 6) is 0.115. The highest BCUT2D eigenvalue weighted by Crippen LogP contribution is 2.39. The third-order valence-electron chi connectivity index (χ3n) is 6.13. The van der Waals surface area contributed by atoms with Crippen molar-refractivity contribution in [2.24, 2.45) is 5.41 Å². The first-order valence-electron chi connectivity index (χ1n) is 10.4. The van der Waals surface area contributed by atoms with Crippen LogP contribution in [0.4, 0.5) is 0 Å². The van der Waals surface area contributed by atoms with Crippen molar-refractivity contribution in [1.82, 2.24) is 14.8 Å². The van der Waals surface area contributed by atoms with Gasteiger partial charge in [-0.3, -0.25) is 9.78 Å². The second kappa shape index (κ2) is 8.70. The van der Waals surface area contributed by atoms with Crippen LogP contribution >= 0.6 is 0 Å². The van der Waals surface area contributed by atoms with E-state index in [1.54, 1.807) is 12.3 Å². The Morgan fingerprint density at radius 3 is 2.71 bits per heavy atom. The molecule has 1 amide bonds. The molecule has 1 atom stereocenters. The van der Waals surface area contributed by atoms with Gasteiger partial charge in [0, 0.05) is 43.9 Å².